The van der Waals surface area contributed by atoms with Crippen LogP contribution in [0.15, 0.2) is 48.5 Å². The molecule has 3 nitrogen and oxygen atoms in total. The number of nitrogens with two attached hydrogens (primary N) is 1. The normalized spacial score (nSPS) is 22.0. The van der Waals surface area contributed by atoms with Gasteiger partial charge in [-0.3, -0.25) is 0 Å². The van der Waals surface area contributed by atoms with Crippen LogP contribution in [0.25, 0.3) is 0 Å². The van der Waals surface area contributed by atoms with Gasteiger partial charge in [-0.25, -0.2) is 0 Å². The molecule has 24 heavy (non-hydrogen) atoms. The molecule has 2 saturated heterocycles. The van der Waals surface area contributed by atoms with Gasteiger partial charge < -0.3 is 5.73 Å². The molecule has 2 fully saturated rings. The zero-order valence-corrected chi connectivity index (χ0v) is 15.4. The second-order valence-electron chi connectivity index (χ2n) is 7.00. The summed E-state index contributed by atoms with van der Waals surface area (Å²) in [5.74, 6) is 2.05. The van der Waals surface area contributed by atoms with Gasteiger partial charge in [0.15, 0.2) is 0 Å². The van der Waals surface area contributed by atoms with E-state index in [1.807, 2.05) is 26.7 Å². The number of hydrogen-bond acceptors (Lipinski definition) is 3. The van der Waals surface area contributed by atoms with Gasteiger partial charge in [0, 0.05) is 0 Å². The molecule has 0 bridgehead atoms. The molecule has 2 aliphatic heterocycles. The molecule has 1 spiro atoms. The van der Waals surface area contributed by atoms with Crippen molar-refractivity contribution in [2.24, 2.45) is 11.1 Å². The molecule has 0 atom stereocenters. The van der Waals surface area contributed by atoms with Gasteiger partial charge in [0.25, 0.3) is 0 Å². The van der Waals surface area contributed by atoms with Crippen molar-refractivity contribution in [2.45, 2.75) is 39.4 Å². The molecule has 0 radical (unpaired) electrons. The quantitative estimate of drug-likeness (QED) is 0.622. The van der Waals surface area contributed by atoms with Crippen molar-refractivity contribution in [3.05, 3.63) is 48.5 Å². The average Bonchev–Trinajstić information content (AvgIpc) is 2.62. The van der Waals surface area contributed by atoms with E-state index in [2.05, 4.69) is 46.8 Å². The molecule has 0 aromatic heterocycles. The van der Waals surface area contributed by atoms with Crippen molar-refractivity contribution < 1.29 is 0 Å². The van der Waals surface area contributed by atoms with Crippen LogP contribution < -0.4 is 5.73 Å². The molecule has 2 rings (SSSR count). The van der Waals surface area contributed by atoms with E-state index in [1.165, 1.54) is 25.7 Å². The Morgan fingerprint density at radius 3 is 2.54 bits per heavy atom. The van der Waals surface area contributed by atoms with Gasteiger partial charge >= 0.3 is 117 Å². The number of piperidine rings is 2. The third-order valence-corrected chi connectivity index (χ3v) is 5.37. The molecule has 0 aromatic rings. The van der Waals surface area contributed by atoms with Crippen molar-refractivity contribution in [3.8, 4) is 0 Å². The van der Waals surface area contributed by atoms with Crippen LogP contribution in [-0.2, 0) is 0 Å². The molecule has 0 unspecified atom stereocenters. The molecule has 0 aromatic carbocycles. The van der Waals surface area contributed by atoms with Crippen LogP contribution in [0, 0.1) is 5.41 Å². The molecule has 0 amide bonds. The third-order valence-electron chi connectivity index (χ3n) is 5.37. The van der Waals surface area contributed by atoms with Gasteiger partial charge in [-0.05, 0) is 6.92 Å². The van der Waals surface area contributed by atoms with E-state index in [0.29, 0.717) is 5.41 Å². The van der Waals surface area contributed by atoms with E-state index in [9.17, 15) is 0 Å². The standard InChI is InChI=1S/C20H32BN3/c1-4-19(22)18(2)24-14-8-9-20(17-24)10-15-23(16-11-20)13-7-5-6-12-21-3/h4-7,12-13H,2,8-11,14-17,22H2,1,3H3/b6-5-,13-7?,19-4-. The van der Waals surface area contributed by atoms with E-state index >= 15 is 0 Å². The topological polar surface area (TPSA) is 32.5 Å². The Kier molecular flexibility index (Phi) is 6.95. The van der Waals surface area contributed by atoms with Crippen molar-refractivity contribution in [2.75, 3.05) is 26.2 Å². The van der Waals surface area contributed by atoms with Crippen molar-refractivity contribution in [1.29, 1.82) is 0 Å². The summed E-state index contributed by atoms with van der Waals surface area (Å²) < 4.78 is 0. The number of likely N-dealkylation sites (tertiary alicyclic amines) is 2. The molecule has 0 saturated carbocycles. The third kappa shape index (κ3) is 4.89. The summed E-state index contributed by atoms with van der Waals surface area (Å²) in [5.41, 5.74) is 8.34. The predicted molar refractivity (Wildman–Crippen MR) is 107 cm³/mol. The minimum atomic E-state index is 0.445. The van der Waals surface area contributed by atoms with Gasteiger partial charge in [-0.15, -0.1) is 0 Å². The van der Waals surface area contributed by atoms with E-state index < -0.39 is 0 Å². The first-order valence-corrected chi connectivity index (χ1v) is 9.16. The van der Waals surface area contributed by atoms with Crippen LogP contribution in [0.1, 0.15) is 32.6 Å². The Morgan fingerprint density at radius 1 is 1.12 bits per heavy atom. The van der Waals surface area contributed by atoms with Crippen LogP contribution in [-0.4, -0.2) is 48.9 Å². The van der Waals surface area contributed by atoms with Crippen LogP contribution >= 0.6 is 0 Å². The van der Waals surface area contributed by atoms with Gasteiger partial charge in [0.1, 0.15) is 0 Å². The fraction of sp³-hybridized carbons (Fsp3) is 0.550. The molecule has 2 aliphatic rings. The summed E-state index contributed by atoms with van der Waals surface area (Å²) >= 11 is 0. The van der Waals surface area contributed by atoms with Crippen LogP contribution in [0.3, 0.4) is 0 Å². The Balaban J connectivity index is 1.89. The van der Waals surface area contributed by atoms with E-state index in [1.54, 1.807) is 0 Å². The Labute approximate surface area is 148 Å². The van der Waals surface area contributed by atoms with Gasteiger partial charge in [-0.2, -0.15) is 0 Å². The summed E-state index contributed by atoms with van der Waals surface area (Å²) in [4.78, 5) is 4.85. The first-order chi connectivity index (χ1) is 11.6. The molecular weight excluding hydrogens is 293 g/mol. The van der Waals surface area contributed by atoms with Crippen molar-refractivity contribution >= 4 is 12.9 Å². The zero-order valence-electron chi connectivity index (χ0n) is 15.4. The van der Waals surface area contributed by atoms with E-state index in [-0.39, 0.29) is 0 Å². The summed E-state index contributed by atoms with van der Waals surface area (Å²) in [6.07, 6.45) is 15.6. The first kappa shape index (κ1) is 18.6. The maximum absolute atomic E-state index is 6.07. The monoisotopic (exact) mass is 325 g/mol. The zero-order chi connectivity index (χ0) is 17.4. The Bertz CT molecular complexity index is 537. The molecule has 130 valence electrons. The number of rotatable bonds is 5. The van der Waals surface area contributed by atoms with E-state index in [4.69, 9.17) is 5.73 Å². The Hall–Kier alpha value is -1.71. The molecule has 4 heteroatoms. The van der Waals surface area contributed by atoms with Gasteiger partial charge in [0.05, 0.1) is 5.70 Å². The second-order valence-corrected chi connectivity index (χ2v) is 7.00. The van der Waals surface area contributed by atoms with E-state index in [0.717, 1.165) is 37.6 Å². The SMILES string of the molecule is C=C(/C(N)=C/C)N1CCCC2(CCN(C=C/C=C\C=BC)CC2)C1. The Morgan fingerprint density at radius 2 is 1.88 bits per heavy atom. The van der Waals surface area contributed by atoms with Crippen molar-refractivity contribution in [3.63, 3.8) is 0 Å². The number of allylic oxidation sites excluding steroid dienone is 4. The van der Waals surface area contributed by atoms with Crippen molar-refractivity contribution in [1.82, 2.24) is 9.80 Å². The maximum atomic E-state index is 6.07. The summed E-state index contributed by atoms with van der Waals surface area (Å²) in [7, 11) is 0. The molecule has 2 heterocycles. The average molecular weight is 325 g/mol. The molecule has 0 aliphatic carbocycles. The van der Waals surface area contributed by atoms with Crippen LogP contribution in [0.2, 0.25) is 6.82 Å². The number of hydrogen-bond donors (Lipinski definition) is 1. The minimum absolute atomic E-state index is 0.445. The summed E-state index contributed by atoms with van der Waals surface area (Å²) in [5, 5.41) is 0. The fourth-order valence-electron chi connectivity index (χ4n) is 3.75. The molecule has 2 N–H and O–H groups in total. The van der Waals surface area contributed by atoms with Crippen LogP contribution in [0.5, 0.6) is 0 Å². The first-order valence-electron chi connectivity index (χ1n) is 9.16. The molecular formula is C20H32BN3. The van der Waals surface area contributed by atoms with Crippen LogP contribution in [0.4, 0.5) is 0 Å². The van der Waals surface area contributed by atoms with Gasteiger partial charge in [-0.1, -0.05) is 12.7 Å². The van der Waals surface area contributed by atoms with Gasteiger partial charge in [0.2, 0.25) is 0 Å². The fourth-order valence-corrected chi connectivity index (χ4v) is 3.75. The summed E-state index contributed by atoms with van der Waals surface area (Å²) in [6, 6.07) is 0. The predicted octanol–water partition coefficient (Wildman–Crippen LogP) is 3.17. The second kappa shape index (κ2) is 8.96. The number of nitrogens with zero attached hydrogens (tertiary/aromatic N) is 2. The summed E-state index contributed by atoms with van der Waals surface area (Å²) in [6.45, 7) is 14.8.